The van der Waals surface area contributed by atoms with Crippen molar-refractivity contribution >= 4 is 168 Å². The van der Waals surface area contributed by atoms with Crippen molar-refractivity contribution in [1.82, 2.24) is 89.9 Å². The van der Waals surface area contributed by atoms with E-state index in [9.17, 15) is 107 Å². The first-order valence-electron chi connectivity index (χ1n) is 47.2. The van der Waals surface area contributed by atoms with Crippen LogP contribution in [0.25, 0.3) is 22.3 Å². The van der Waals surface area contributed by atoms with E-state index < -0.39 is 89.5 Å². The molecule has 8 heterocycles. The van der Waals surface area contributed by atoms with Gasteiger partial charge in [0.15, 0.2) is 22.3 Å². The minimum Gasteiger partial charge on any atom is -0.549 e. The molecular formula is C97H126Ga2N22O25+2. The number of nitrogen functional groups attached to an aromatic ring is 2. The van der Waals surface area contributed by atoms with E-state index in [1.165, 1.54) is 50.5 Å². The van der Waals surface area contributed by atoms with Crippen molar-refractivity contribution in [2.75, 3.05) is 140 Å². The minimum absolute atomic E-state index is 0. The molecule has 12 N–H and O–H groups in total. The molecule has 2 aliphatic heterocycles. The Morgan fingerprint density at radius 2 is 0.726 bits per heavy atom. The molecule has 2 aliphatic rings. The number of carboxylic acids is 6. The molecule has 47 nitrogen and oxygen atoms in total. The number of carboxylic acid groups (broad SMARTS) is 6. The van der Waals surface area contributed by atoms with E-state index in [4.69, 9.17) is 30.7 Å². The second-order valence-electron chi connectivity index (χ2n) is 34.8. The van der Waals surface area contributed by atoms with Gasteiger partial charge >= 0.3 is 51.5 Å². The fourth-order valence-corrected chi connectivity index (χ4v) is 15.9. The number of hydrogen-bond donors (Lipinski definition) is 10. The van der Waals surface area contributed by atoms with Crippen LogP contribution in [-0.4, -0.2) is 354 Å². The van der Waals surface area contributed by atoms with Crippen molar-refractivity contribution in [3.63, 3.8) is 0 Å². The SMILES string of the molecule is C.CC(=O)CN1CCN(CC(=O)[O-])CCN(C(CCC(=O)CCCCC(=O)CC[C@H](NC(=O)c2ccc(NCc3cnc4nc(N)[nH]c(=O)c4n3)cc2)C(=O)O)C(=O)[O-])Cc2cccc(n2)C1.CC(=O)CN1CCN(CC(=O)[O-])CCN(C(CCC(=O)CCCCOCCOCCOCCCCC(=O)CC[C@H](NC(=O)c2ccc(NCc3cnc4nc(N)[nH]c(=O)c4n3)cc2)C(=O)O)C(=O)[O-])Cc2cccc(n2)C1.[Ga+3].[Ga+3]. The number of rotatable bonds is 57. The Bertz CT molecular complexity index is 5810. The van der Waals surface area contributed by atoms with Gasteiger partial charge in [0.2, 0.25) is 11.9 Å². The molecule has 2 amide bonds. The number of benzene rings is 2. The van der Waals surface area contributed by atoms with E-state index in [0.717, 1.165) is 0 Å². The van der Waals surface area contributed by atoms with Gasteiger partial charge in [-0.3, -0.25) is 97.3 Å². The van der Waals surface area contributed by atoms with Gasteiger partial charge in [0, 0.05) is 179 Å². The Balaban J connectivity index is 0.000000442. The number of aromatic nitrogens is 10. The summed E-state index contributed by atoms with van der Waals surface area (Å²) in [5.41, 5.74) is 15.4. The van der Waals surface area contributed by atoms with Crippen molar-refractivity contribution in [2.24, 2.45) is 0 Å². The summed E-state index contributed by atoms with van der Waals surface area (Å²) in [4.78, 5) is 246. The molecule has 0 aliphatic carbocycles. The summed E-state index contributed by atoms with van der Waals surface area (Å²) in [6.45, 7) is 7.95. The van der Waals surface area contributed by atoms with E-state index in [0.29, 0.717) is 156 Å². The first-order valence-corrected chi connectivity index (χ1v) is 47.2. The molecule has 4 atom stereocenters. The molecule has 146 heavy (non-hydrogen) atoms. The van der Waals surface area contributed by atoms with Crippen LogP contribution in [0.15, 0.2) is 107 Å². The Morgan fingerprint density at radius 1 is 0.404 bits per heavy atom. The van der Waals surface area contributed by atoms with E-state index >= 15 is 0 Å². The van der Waals surface area contributed by atoms with Gasteiger partial charge in [0.25, 0.3) is 22.9 Å². The maximum atomic E-state index is 12.9. The number of unbranched alkanes of at least 4 members (excludes halogenated alkanes) is 3. The third-order valence-corrected chi connectivity index (χ3v) is 23.3. The number of pyridine rings is 2. The molecule has 0 fully saturated rings. The number of amides is 2. The van der Waals surface area contributed by atoms with Crippen molar-refractivity contribution in [3.05, 3.63) is 163 Å². The monoisotopic (exact) mass is 2140 g/mol. The summed E-state index contributed by atoms with van der Waals surface area (Å²) in [6.07, 6.45) is 6.08. The summed E-state index contributed by atoms with van der Waals surface area (Å²) < 4.78 is 16.8. The Labute approximate surface area is 868 Å². The predicted octanol–water partition coefficient (Wildman–Crippen LogP) is -1.65. The van der Waals surface area contributed by atoms with Gasteiger partial charge in [-0.05, 0) is 151 Å². The van der Waals surface area contributed by atoms with Crippen LogP contribution in [0.5, 0.6) is 0 Å². The largest absolute Gasteiger partial charge is 3.00 e. The second kappa shape index (κ2) is 64.1. The molecule has 49 heteroatoms. The molecule has 0 saturated carbocycles. The molecule has 0 spiro atoms. The van der Waals surface area contributed by atoms with Crippen LogP contribution in [0.4, 0.5) is 23.3 Å². The zero-order valence-corrected chi connectivity index (χ0v) is 85.9. The minimum atomic E-state index is -1.39. The Morgan fingerprint density at radius 3 is 1.06 bits per heavy atom. The number of H-pyrrole nitrogens is 2. The first kappa shape index (κ1) is 122. The second-order valence-corrected chi connectivity index (χ2v) is 34.8. The van der Waals surface area contributed by atoms with E-state index in [-0.39, 0.29) is 283 Å². The Kier molecular flexibility index (Phi) is 53.5. The van der Waals surface area contributed by atoms with E-state index in [1.807, 2.05) is 21.9 Å². The number of fused-ring (bicyclic) bond motifs is 6. The van der Waals surface area contributed by atoms with Crippen molar-refractivity contribution in [3.8, 4) is 0 Å². The Hall–Kier alpha value is -12.9. The molecule has 6 aromatic heterocycles. The summed E-state index contributed by atoms with van der Waals surface area (Å²) >= 11 is 0. The summed E-state index contributed by atoms with van der Waals surface area (Å²) in [6, 6.07) is 18.3. The number of ketones is 6. The van der Waals surface area contributed by atoms with Gasteiger partial charge < -0.3 is 96.8 Å². The summed E-state index contributed by atoms with van der Waals surface area (Å²) in [7, 11) is 0. The number of nitrogens with one attached hydrogen (secondary N) is 6. The van der Waals surface area contributed by atoms with E-state index in [1.54, 1.807) is 68.1 Å². The van der Waals surface area contributed by atoms with Crippen LogP contribution in [0.2, 0.25) is 0 Å². The van der Waals surface area contributed by atoms with Crippen LogP contribution in [0.3, 0.4) is 0 Å². The molecule has 778 valence electrons. The normalized spacial score (nSPS) is 14.3. The van der Waals surface area contributed by atoms with Crippen LogP contribution >= 0.6 is 0 Å². The molecule has 8 aromatic rings. The van der Waals surface area contributed by atoms with E-state index in [2.05, 4.69) is 66.1 Å². The number of Topliss-reactive ketones (excluding diaryl/α,β-unsaturated/α-hetero) is 6. The van der Waals surface area contributed by atoms with Crippen molar-refractivity contribution in [2.45, 2.75) is 200 Å². The maximum absolute atomic E-state index is 12.9. The molecule has 10 rings (SSSR count). The smallest absolute Gasteiger partial charge is 0.549 e. The van der Waals surface area contributed by atoms with Gasteiger partial charge in [-0.1, -0.05) is 19.6 Å². The van der Waals surface area contributed by atoms with Gasteiger partial charge in [0.1, 0.15) is 46.8 Å². The predicted molar refractivity (Wildman–Crippen MR) is 526 cm³/mol. The van der Waals surface area contributed by atoms with Crippen LogP contribution in [0.1, 0.15) is 192 Å². The average molecular weight is 2140 g/mol. The summed E-state index contributed by atoms with van der Waals surface area (Å²) in [5, 5.41) is 78.7. The van der Waals surface area contributed by atoms with Crippen molar-refractivity contribution in [1.29, 1.82) is 0 Å². The number of aromatic amines is 2. The molecular weight excluding hydrogens is 2010 g/mol. The number of nitrogens with two attached hydrogens (primary N) is 2. The van der Waals surface area contributed by atoms with Crippen LogP contribution < -0.4 is 64.3 Å². The quantitative estimate of drug-likeness (QED) is 0.0151. The third kappa shape index (κ3) is 44.2. The van der Waals surface area contributed by atoms with Crippen molar-refractivity contribution < 1.29 is 112 Å². The third-order valence-electron chi connectivity index (χ3n) is 23.3. The summed E-state index contributed by atoms with van der Waals surface area (Å²) in [5.74, 6) is -10.1. The number of carbonyl (C=O) groups is 14. The molecule has 4 bridgehead atoms. The molecule has 2 aromatic carbocycles. The van der Waals surface area contributed by atoms with Crippen LogP contribution in [-0.2, 0) is 111 Å². The average Bonchev–Trinajstić information content (AvgIpc) is 0.810. The number of anilines is 4. The number of ether oxygens (including phenoxy) is 3. The molecule has 0 saturated heterocycles. The van der Waals surface area contributed by atoms with Crippen LogP contribution in [0, 0.1) is 0 Å². The fraction of sp³-hybridized carbons (Fsp3) is 0.505. The number of carbonyl (C=O) groups excluding carboxylic acids is 12. The number of hydrogen-bond acceptors (Lipinski definition) is 41. The maximum Gasteiger partial charge on any atom is 3.00 e. The topological polar surface area (TPSA) is 688 Å². The standard InChI is InChI=1S/C52H71N11O14.C44H55N11O11.CH4.2Ga/c1-35(64)31-62-20-19-61(34-45(67)68)21-22-63(33-39-8-6-7-38(32-62)56-39)44(51(73)74)18-16-42(66)10-3-5-24-76-26-28-77-27-25-75-23-4-2-9-41(65)15-17-43(50(71)72)58-48(69)36-11-13-37(14-12-36)54-29-40-30-55-47-46(57-40)49(70)60-52(53)59-47;1-27(56)23-54-18-17-53(26-37(59)60)19-20-55(25-31-6-4-5-30(24-54)48-31)36(43(65)66)16-14-34(58)8-3-2-7-33(57)13-15-35(42(63)64)50-40(61)28-9-11-29(12-10-28)46-21-32-22-47-39-38(49-32)41(62)52-44(45)51-39;;;/h6-8,11-14,30,43-44,54H,2-5,9-10,15-29,31-34H2,1H3,(H,58,69)(H,67,68)(H,71,72)(H,73,74)(H3,53,55,59,60,70);4-6,9-12,22,35-36,46H,2-3,7-8,13-21,23-26H2,1H3,(H,50,61)(H,59,60)(H,63,64)(H,65,66)(H3,45,47,51,52,62);1H4;;/q;;;2*+3/p-4/t43-,44?;35-,36?;;;/m00.../s1. The van der Waals surface area contributed by atoms with Gasteiger partial charge in [-0.25, -0.2) is 29.5 Å². The number of aliphatic carboxylic acids is 6. The molecule has 0 radical (unpaired) electrons. The first-order chi connectivity index (χ1) is 68.5. The molecule has 2 unspecified atom stereocenters. The fourth-order valence-electron chi connectivity index (χ4n) is 15.9. The number of nitrogens with zero attached hydrogens (tertiary/aromatic N) is 14. The zero-order chi connectivity index (χ0) is 103. The van der Waals surface area contributed by atoms with Gasteiger partial charge in [-0.2, -0.15) is 9.97 Å². The van der Waals surface area contributed by atoms with Gasteiger partial charge in [-0.15, -0.1) is 0 Å². The van der Waals surface area contributed by atoms with Gasteiger partial charge in [0.05, 0.1) is 135 Å². The zero-order valence-electron chi connectivity index (χ0n) is 81.1.